The fourth-order valence-corrected chi connectivity index (χ4v) is 3.17. The molecule has 2 aliphatic rings. The van der Waals surface area contributed by atoms with Gasteiger partial charge in [-0.15, -0.1) is 0 Å². The van der Waals surface area contributed by atoms with Crippen molar-refractivity contribution in [3.63, 3.8) is 0 Å². The highest BCUT2D eigenvalue weighted by Gasteiger charge is 2.34. The molecule has 0 amide bonds. The van der Waals surface area contributed by atoms with Crippen molar-refractivity contribution in [2.45, 2.75) is 70.1 Å². The molecule has 2 fully saturated rings. The van der Waals surface area contributed by atoms with Gasteiger partial charge in [0.05, 0.1) is 24.3 Å². The Kier molecular flexibility index (Phi) is 4.06. The molecule has 0 bridgehead atoms. The first-order valence-electron chi connectivity index (χ1n) is 6.89. The van der Waals surface area contributed by atoms with Crippen LogP contribution in [0.5, 0.6) is 0 Å². The molecule has 3 heteroatoms. The van der Waals surface area contributed by atoms with E-state index >= 15 is 0 Å². The summed E-state index contributed by atoms with van der Waals surface area (Å²) in [6, 6.07) is 2.94. The van der Waals surface area contributed by atoms with Gasteiger partial charge in [-0.1, -0.05) is 12.8 Å². The summed E-state index contributed by atoms with van der Waals surface area (Å²) >= 11 is 0. The quantitative estimate of drug-likeness (QED) is 0.704. The molecule has 3 nitrogen and oxygen atoms in total. The van der Waals surface area contributed by atoms with Gasteiger partial charge < -0.3 is 4.74 Å². The first-order valence-corrected chi connectivity index (χ1v) is 6.89. The second kappa shape index (κ2) is 5.37. The van der Waals surface area contributed by atoms with Crippen LogP contribution < -0.4 is 0 Å². The summed E-state index contributed by atoms with van der Waals surface area (Å²) in [5.41, 5.74) is 0.0403. The van der Waals surface area contributed by atoms with Gasteiger partial charge in [0.1, 0.15) is 0 Å². The Morgan fingerprint density at radius 3 is 2.53 bits per heavy atom. The van der Waals surface area contributed by atoms with E-state index in [4.69, 9.17) is 10.00 Å². The average Bonchev–Trinajstić information content (AvgIpc) is 2.87. The molecule has 0 N–H and O–H groups in total. The first kappa shape index (κ1) is 12.9. The van der Waals surface area contributed by atoms with E-state index in [0.29, 0.717) is 18.7 Å². The predicted molar refractivity (Wildman–Crippen MR) is 67.6 cm³/mol. The molecule has 0 aromatic rings. The van der Waals surface area contributed by atoms with Crippen LogP contribution in [0.4, 0.5) is 0 Å². The van der Waals surface area contributed by atoms with Gasteiger partial charge in [-0.2, -0.15) is 5.26 Å². The van der Waals surface area contributed by atoms with Crippen LogP contribution >= 0.6 is 0 Å². The molecule has 17 heavy (non-hydrogen) atoms. The minimum atomic E-state index is 0.0403. The molecule has 1 unspecified atom stereocenters. The van der Waals surface area contributed by atoms with Gasteiger partial charge >= 0.3 is 0 Å². The van der Waals surface area contributed by atoms with Gasteiger partial charge in [0.2, 0.25) is 0 Å². The molecule has 1 saturated heterocycles. The van der Waals surface area contributed by atoms with Crippen molar-refractivity contribution in [3.05, 3.63) is 0 Å². The molecule has 0 aromatic carbocycles. The number of nitrogens with zero attached hydrogens (tertiary/aromatic N) is 2. The summed E-state index contributed by atoms with van der Waals surface area (Å²) in [4.78, 5) is 2.35. The van der Waals surface area contributed by atoms with Crippen LogP contribution in [0.2, 0.25) is 0 Å². The molecule has 1 atom stereocenters. The lowest BCUT2D eigenvalue weighted by atomic mass is 10.1. The third-order valence-corrected chi connectivity index (χ3v) is 4.11. The van der Waals surface area contributed by atoms with Crippen LogP contribution in [-0.2, 0) is 4.74 Å². The molecule has 1 aliphatic heterocycles. The fraction of sp³-hybridized carbons (Fsp3) is 0.929. The van der Waals surface area contributed by atoms with E-state index in [-0.39, 0.29) is 5.60 Å². The molecule has 0 spiro atoms. The van der Waals surface area contributed by atoms with Crippen molar-refractivity contribution in [2.75, 3.05) is 13.1 Å². The number of hydrogen-bond acceptors (Lipinski definition) is 3. The Bertz CT molecular complexity index is 289. The summed E-state index contributed by atoms with van der Waals surface area (Å²) in [6.45, 7) is 5.83. The zero-order valence-electron chi connectivity index (χ0n) is 11.1. The third kappa shape index (κ3) is 3.43. The Labute approximate surface area is 105 Å². The van der Waals surface area contributed by atoms with Gasteiger partial charge in [-0.25, -0.2) is 0 Å². The summed E-state index contributed by atoms with van der Waals surface area (Å²) in [5.74, 6) is 0. The molecule has 2 rings (SSSR count). The van der Waals surface area contributed by atoms with Crippen LogP contribution in [0.15, 0.2) is 0 Å². The number of rotatable bonds is 4. The lowest BCUT2D eigenvalue weighted by molar-refractivity contribution is -0.0317. The molecule has 0 radical (unpaired) electrons. The minimum Gasteiger partial charge on any atom is -0.371 e. The lowest BCUT2D eigenvalue weighted by Gasteiger charge is -2.29. The normalized spacial score (nSPS) is 28.7. The molecular weight excluding hydrogens is 212 g/mol. The van der Waals surface area contributed by atoms with E-state index in [9.17, 15) is 0 Å². The standard InChI is InChI=1S/C14H24N2O/c1-14(2)8-7-13(17-14)11-16(10-9-15)12-5-3-4-6-12/h12-13H,3-8,10-11H2,1-2H3. The number of nitriles is 1. The summed E-state index contributed by atoms with van der Waals surface area (Å²) in [6.07, 6.45) is 7.78. The fourth-order valence-electron chi connectivity index (χ4n) is 3.17. The minimum absolute atomic E-state index is 0.0403. The lowest BCUT2D eigenvalue weighted by Crippen LogP contribution is -2.40. The summed E-state index contributed by atoms with van der Waals surface area (Å²) in [7, 11) is 0. The van der Waals surface area contributed by atoms with Crippen LogP contribution in [0.25, 0.3) is 0 Å². The van der Waals surface area contributed by atoms with E-state index in [1.807, 2.05) is 0 Å². The molecule has 0 aromatic heterocycles. The van der Waals surface area contributed by atoms with Crippen molar-refractivity contribution in [2.24, 2.45) is 0 Å². The zero-order valence-corrected chi connectivity index (χ0v) is 11.1. The smallest absolute Gasteiger partial charge is 0.0869 e. The third-order valence-electron chi connectivity index (χ3n) is 4.11. The molecule has 1 aliphatic carbocycles. The van der Waals surface area contributed by atoms with Crippen molar-refractivity contribution in [3.8, 4) is 6.07 Å². The molecule has 1 heterocycles. The maximum Gasteiger partial charge on any atom is 0.0869 e. The highest BCUT2D eigenvalue weighted by molar-refractivity contribution is 4.89. The van der Waals surface area contributed by atoms with E-state index in [0.717, 1.165) is 19.4 Å². The second-order valence-corrected chi connectivity index (χ2v) is 6.06. The molecule has 1 saturated carbocycles. The van der Waals surface area contributed by atoms with Crippen LogP contribution in [-0.4, -0.2) is 35.7 Å². The maximum absolute atomic E-state index is 8.94. The Morgan fingerprint density at radius 1 is 1.29 bits per heavy atom. The highest BCUT2D eigenvalue weighted by Crippen LogP contribution is 2.31. The van der Waals surface area contributed by atoms with E-state index in [2.05, 4.69) is 24.8 Å². The van der Waals surface area contributed by atoms with Gasteiger partial charge in [0.25, 0.3) is 0 Å². The van der Waals surface area contributed by atoms with Gasteiger partial charge in [0, 0.05) is 12.6 Å². The van der Waals surface area contributed by atoms with E-state index < -0.39 is 0 Å². The highest BCUT2D eigenvalue weighted by atomic mass is 16.5. The Morgan fingerprint density at radius 2 is 2.00 bits per heavy atom. The maximum atomic E-state index is 8.94. The van der Waals surface area contributed by atoms with Crippen molar-refractivity contribution < 1.29 is 4.74 Å². The summed E-state index contributed by atoms with van der Waals surface area (Å²) in [5, 5.41) is 8.94. The van der Waals surface area contributed by atoms with Crippen LogP contribution in [0, 0.1) is 11.3 Å². The summed E-state index contributed by atoms with van der Waals surface area (Å²) < 4.78 is 6.03. The van der Waals surface area contributed by atoms with E-state index in [1.54, 1.807) is 0 Å². The molecule has 96 valence electrons. The van der Waals surface area contributed by atoms with Crippen LogP contribution in [0.3, 0.4) is 0 Å². The van der Waals surface area contributed by atoms with Crippen molar-refractivity contribution in [1.82, 2.24) is 4.90 Å². The zero-order chi connectivity index (χ0) is 12.3. The Balaban J connectivity index is 1.87. The van der Waals surface area contributed by atoms with Crippen LogP contribution in [0.1, 0.15) is 52.4 Å². The SMILES string of the molecule is CC1(C)CCC(CN(CC#N)C2CCCC2)O1. The van der Waals surface area contributed by atoms with Gasteiger partial charge in [-0.3, -0.25) is 4.90 Å². The largest absolute Gasteiger partial charge is 0.371 e. The second-order valence-electron chi connectivity index (χ2n) is 6.06. The predicted octanol–water partition coefficient (Wildman–Crippen LogP) is 2.71. The average molecular weight is 236 g/mol. The van der Waals surface area contributed by atoms with Crippen molar-refractivity contribution >= 4 is 0 Å². The number of hydrogen-bond donors (Lipinski definition) is 0. The van der Waals surface area contributed by atoms with Gasteiger partial charge in [0.15, 0.2) is 0 Å². The van der Waals surface area contributed by atoms with Gasteiger partial charge in [-0.05, 0) is 39.5 Å². The number of ether oxygens (including phenoxy) is 1. The van der Waals surface area contributed by atoms with E-state index in [1.165, 1.54) is 25.7 Å². The topological polar surface area (TPSA) is 36.3 Å². The van der Waals surface area contributed by atoms with Crippen molar-refractivity contribution in [1.29, 1.82) is 5.26 Å². The molecular formula is C14H24N2O. The Hall–Kier alpha value is -0.590. The first-order chi connectivity index (χ1) is 8.11. The monoisotopic (exact) mass is 236 g/mol.